The summed E-state index contributed by atoms with van der Waals surface area (Å²) in [5, 5.41) is 30.4. The SMILES string of the molecule is C[C@H]1[C@H](O)C=C(/C=C/C2=CCC[C@@]3(C)[C@@H]2CC[C@@H]3[C@H](C)CCCC(C)(C)O)C[C@H]1O. The second-order valence-electron chi connectivity index (χ2n) is 11.4. The van der Waals surface area contributed by atoms with Crippen LogP contribution in [0.3, 0.4) is 0 Å². The fraction of sp³-hybridized carbons (Fsp3) is 0.778. The Labute approximate surface area is 184 Å². The highest BCUT2D eigenvalue weighted by atomic mass is 16.3. The van der Waals surface area contributed by atoms with Crippen molar-refractivity contribution in [2.45, 2.75) is 104 Å². The van der Waals surface area contributed by atoms with Gasteiger partial charge in [0.25, 0.3) is 0 Å². The van der Waals surface area contributed by atoms with Crippen LogP contribution in [0, 0.1) is 29.1 Å². The van der Waals surface area contributed by atoms with E-state index in [1.54, 1.807) is 0 Å². The Hall–Kier alpha value is -0.900. The van der Waals surface area contributed by atoms with Crippen molar-refractivity contribution >= 4 is 0 Å². The van der Waals surface area contributed by atoms with Gasteiger partial charge in [0.1, 0.15) is 0 Å². The Bertz CT molecular complexity index is 683. The molecule has 0 unspecified atom stereocenters. The normalized spacial score (nSPS) is 38.3. The highest BCUT2D eigenvalue weighted by Gasteiger charge is 2.49. The molecule has 3 rings (SSSR count). The number of aliphatic hydroxyl groups excluding tert-OH is 2. The smallest absolute Gasteiger partial charge is 0.0776 e. The molecule has 0 spiro atoms. The van der Waals surface area contributed by atoms with Crippen LogP contribution in [0.1, 0.15) is 86.0 Å². The number of fused-ring (bicyclic) bond motifs is 1. The average molecular weight is 417 g/mol. The summed E-state index contributed by atoms with van der Waals surface area (Å²) in [4.78, 5) is 0. The second-order valence-corrected chi connectivity index (χ2v) is 11.4. The lowest BCUT2D eigenvalue weighted by molar-refractivity contribution is 0.0367. The molecule has 0 aliphatic heterocycles. The van der Waals surface area contributed by atoms with Gasteiger partial charge in [0.05, 0.1) is 17.8 Å². The van der Waals surface area contributed by atoms with Crippen LogP contribution >= 0.6 is 0 Å². The van der Waals surface area contributed by atoms with Crippen molar-refractivity contribution < 1.29 is 15.3 Å². The first kappa shape index (κ1) is 23.8. The summed E-state index contributed by atoms with van der Waals surface area (Å²) < 4.78 is 0. The Morgan fingerprint density at radius 2 is 1.97 bits per heavy atom. The minimum absolute atomic E-state index is 0.0900. The van der Waals surface area contributed by atoms with Crippen molar-refractivity contribution in [2.24, 2.45) is 29.1 Å². The van der Waals surface area contributed by atoms with Crippen LogP contribution in [0.15, 0.2) is 35.5 Å². The van der Waals surface area contributed by atoms with Gasteiger partial charge in [-0.05, 0) is 86.7 Å². The second kappa shape index (κ2) is 9.30. The number of aliphatic hydroxyl groups is 3. The van der Waals surface area contributed by atoms with E-state index in [2.05, 4.69) is 32.1 Å². The summed E-state index contributed by atoms with van der Waals surface area (Å²) in [6, 6.07) is 0. The summed E-state index contributed by atoms with van der Waals surface area (Å²) in [5.41, 5.74) is 2.31. The zero-order valence-electron chi connectivity index (χ0n) is 19.8. The van der Waals surface area contributed by atoms with Crippen molar-refractivity contribution in [1.29, 1.82) is 0 Å². The molecule has 3 N–H and O–H groups in total. The van der Waals surface area contributed by atoms with Crippen molar-refractivity contribution in [3.8, 4) is 0 Å². The molecular formula is C27H44O3. The molecule has 3 nitrogen and oxygen atoms in total. The standard InChI is InChI=1S/C27H44O3/c1-18(8-6-14-26(3,4)30)22-12-13-23-21(9-7-15-27(22,23)5)11-10-20-16-24(28)19(2)25(29)17-20/h9-11,16,18-19,22-25,28-30H,6-8,12-15,17H2,1-5H3/b11-10+/t18-,19+,22-,23-,24-,25-,27-/m1/s1. The zero-order valence-corrected chi connectivity index (χ0v) is 19.8. The van der Waals surface area contributed by atoms with Crippen LogP contribution in [-0.4, -0.2) is 33.1 Å². The first-order valence-electron chi connectivity index (χ1n) is 12.2. The predicted octanol–water partition coefficient (Wildman–Crippen LogP) is 5.56. The third kappa shape index (κ3) is 5.29. The van der Waals surface area contributed by atoms with Gasteiger partial charge < -0.3 is 15.3 Å². The minimum Gasteiger partial charge on any atom is -0.392 e. The van der Waals surface area contributed by atoms with Crippen LogP contribution < -0.4 is 0 Å². The lowest BCUT2D eigenvalue weighted by atomic mass is 9.62. The third-order valence-corrected chi connectivity index (χ3v) is 8.47. The molecule has 1 saturated carbocycles. The Kier molecular flexibility index (Phi) is 7.37. The van der Waals surface area contributed by atoms with E-state index < -0.39 is 17.8 Å². The highest BCUT2D eigenvalue weighted by molar-refractivity contribution is 5.35. The first-order chi connectivity index (χ1) is 14.0. The van der Waals surface area contributed by atoms with E-state index >= 15 is 0 Å². The number of hydrogen-bond donors (Lipinski definition) is 3. The molecule has 3 heteroatoms. The molecule has 0 saturated heterocycles. The van der Waals surface area contributed by atoms with E-state index in [0.29, 0.717) is 23.7 Å². The molecule has 3 aliphatic rings. The van der Waals surface area contributed by atoms with Gasteiger partial charge in [-0.3, -0.25) is 0 Å². The van der Waals surface area contributed by atoms with Crippen molar-refractivity contribution in [3.05, 3.63) is 35.5 Å². The molecule has 3 aliphatic carbocycles. The van der Waals surface area contributed by atoms with Crippen LogP contribution in [0.4, 0.5) is 0 Å². The summed E-state index contributed by atoms with van der Waals surface area (Å²) in [7, 11) is 0. The maximum absolute atomic E-state index is 10.2. The molecule has 0 radical (unpaired) electrons. The first-order valence-corrected chi connectivity index (χ1v) is 12.2. The Balaban J connectivity index is 1.65. The summed E-state index contributed by atoms with van der Waals surface area (Å²) in [5.74, 6) is 1.97. The van der Waals surface area contributed by atoms with E-state index in [1.807, 2.05) is 26.8 Å². The van der Waals surface area contributed by atoms with E-state index in [0.717, 1.165) is 30.8 Å². The van der Waals surface area contributed by atoms with Crippen LogP contribution in [0.25, 0.3) is 0 Å². The zero-order chi connectivity index (χ0) is 22.1. The van der Waals surface area contributed by atoms with E-state index in [-0.39, 0.29) is 5.92 Å². The van der Waals surface area contributed by atoms with Gasteiger partial charge in [0.15, 0.2) is 0 Å². The fourth-order valence-electron chi connectivity index (χ4n) is 6.46. The molecule has 0 aromatic heterocycles. The average Bonchev–Trinajstić information content (AvgIpc) is 3.00. The summed E-state index contributed by atoms with van der Waals surface area (Å²) in [6.45, 7) is 10.7. The molecule has 1 fully saturated rings. The van der Waals surface area contributed by atoms with Gasteiger partial charge in [-0.15, -0.1) is 0 Å². The summed E-state index contributed by atoms with van der Waals surface area (Å²) in [6.07, 6.45) is 16.5. The topological polar surface area (TPSA) is 60.7 Å². The lowest BCUT2D eigenvalue weighted by Gasteiger charge is -2.43. The molecule has 0 bridgehead atoms. The van der Waals surface area contributed by atoms with Gasteiger partial charge in [-0.2, -0.15) is 0 Å². The van der Waals surface area contributed by atoms with Crippen LogP contribution in [-0.2, 0) is 0 Å². The number of allylic oxidation sites excluding steroid dienone is 4. The third-order valence-electron chi connectivity index (χ3n) is 8.47. The van der Waals surface area contributed by atoms with Gasteiger partial charge in [-0.1, -0.05) is 57.9 Å². The van der Waals surface area contributed by atoms with Gasteiger partial charge in [0, 0.05) is 5.92 Å². The van der Waals surface area contributed by atoms with Crippen molar-refractivity contribution in [3.63, 3.8) is 0 Å². The van der Waals surface area contributed by atoms with Crippen molar-refractivity contribution in [2.75, 3.05) is 0 Å². The molecule has 30 heavy (non-hydrogen) atoms. The Morgan fingerprint density at radius 1 is 1.23 bits per heavy atom. The Morgan fingerprint density at radius 3 is 2.63 bits per heavy atom. The number of hydrogen-bond acceptors (Lipinski definition) is 3. The monoisotopic (exact) mass is 416 g/mol. The van der Waals surface area contributed by atoms with E-state index in [4.69, 9.17) is 0 Å². The molecule has 7 atom stereocenters. The van der Waals surface area contributed by atoms with Gasteiger partial charge in [0.2, 0.25) is 0 Å². The maximum Gasteiger partial charge on any atom is 0.0776 e. The summed E-state index contributed by atoms with van der Waals surface area (Å²) >= 11 is 0. The largest absolute Gasteiger partial charge is 0.392 e. The van der Waals surface area contributed by atoms with E-state index in [1.165, 1.54) is 31.3 Å². The number of rotatable bonds is 7. The minimum atomic E-state index is -0.556. The predicted molar refractivity (Wildman–Crippen MR) is 124 cm³/mol. The fourth-order valence-corrected chi connectivity index (χ4v) is 6.46. The van der Waals surface area contributed by atoms with Gasteiger partial charge in [-0.25, -0.2) is 0 Å². The van der Waals surface area contributed by atoms with Crippen molar-refractivity contribution in [1.82, 2.24) is 0 Å². The molecule has 0 heterocycles. The quantitative estimate of drug-likeness (QED) is 0.509. The maximum atomic E-state index is 10.2. The molecule has 0 aromatic carbocycles. The van der Waals surface area contributed by atoms with Crippen LogP contribution in [0.5, 0.6) is 0 Å². The van der Waals surface area contributed by atoms with Gasteiger partial charge >= 0.3 is 0 Å². The molecule has 170 valence electrons. The van der Waals surface area contributed by atoms with Crippen LogP contribution in [0.2, 0.25) is 0 Å². The highest BCUT2D eigenvalue weighted by Crippen LogP contribution is 2.58. The molecule has 0 aromatic rings. The molecular weight excluding hydrogens is 372 g/mol. The molecule has 0 amide bonds. The lowest BCUT2D eigenvalue weighted by Crippen LogP contribution is -2.35. The van der Waals surface area contributed by atoms with E-state index in [9.17, 15) is 15.3 Å².